The summed E-state index contributed by atoms with van der Waals surface area (Å²) in [4.78, 5) is 42.9. The maximum Gasteiger partial charge on any atom is 0.321 e. The molecule has 33 heavy (non-hydrogen) atoms. The average molecular weight is 456 g/mol. The first-order valence-electron chi connectivity index (χ1n) is 12.1. The zero-order valence-corrected chi connectivity index (χ0v) is 19.9. The summed E-state index contributed by atoms with van der Waals surface area (Å²) < 4.78 is 0. The largest absolute Gasteiger partial charge is 0.368 e. The van der Waals surface area contributed by atoms with Gasteiger partial charge in [-0.15, -0.1) is 0 Å². The van der Waals surface area contributed by atoms with Crippen LogP contribution in [0.5, 0.6) is 0 Å². The van der Waals surface area contributed by atoms with Crippen molar-refractivity contribution in [2.24, 2.45) is 11.7 Å². The summed E-state index contributed by atoms with van der Waals surface area (Å²) >= 11 is 0. The topological polar surface area (TPSA) is 99.0 Å². The fourth-order valence-corrected chi connectivity index (χ4v) is 5.93. The third-order valence-electron chi connectivity index (χ3n) is 8.19. The van der Waals surface area contributed by atoms with Gasteiger partial charge in [0.2, 0.25) is 11.8 Å². The minimum atomic E-state index is -0.590. The Morgan fingerprint density at radius 2 is 1.79 bits per heavy atom. The van der Waals surface area contributed by atoms with E-state index in [0.717, 1.165) is 32.2 Å². The Kier molecular flexibility index (Phi) is 6.66. The van der Waals surface area contributed by atoms with E-state index < -0.39 is 5.91 Å². The number of hydrogen-bond donors (Lipinski definition) is 2. The Hall–Kier alpha value is -2.61. The van der Waals surface area contributed by atoms with Gasteiger partial charge < -0.3 is 20.9 Å². The quantitative estimate of drug-likeness (QED) is 0.625. The lowest BCUT2D eigenvalue weighted by Gasteiger charge is -2.51. The summed E-state index contributed by atoms with van der Waals surface area (Å²) in [5, 5.41) is 2.52. The summed E-state index contributed by atoms with van der Waals surface area (Å²) in [7, 11) is 4.29. The molecule has 1 aromatic carbocycles. The Bertz CT molecular complexity index is 875. The molecule has 0 atom stereocenters. The van der Waals surface area contributed by atoms with Gasteiger partial charge in [-0.3, -0.25) is 14.5 Å². The van der Waals surface area contributed by atoms with E-state index in [0.29, 0.717) is 12.5 Å². The predicted molar refractivity (Wildman–Crippen MR) is 126 cm³/mol. The van der Waals surface area contributed by atoms with Crippen LogP contribution in [0, 0.1) is 5.92 Å². The van der Waals surface area contributed by atoms with E-state index in [4.69, 9.17) is 5.73 Å². The van der Waals surface area contributed by atoms with Crippen LogP contribution < -0.4 is 11.1 Å². The van der Waals surface area contributed by atoms with Crippen molar-refractivity contribution in [3.8, 4) is 0 Å². The summed E-state index contributed by atoms with van der Waals surface area (Å²) in [5.41, 5.74) is 6.16. The molecule has 2 saturated carbocycles. The number of carbonyl (C=O) groups is 3. The number of carbonyl (C=O) groups excluding carboxylic acids is 3. The van der Waals surface area contributed by atoms with Crippen molar-refractivity contribution in [3.63, 3.8) is 0 Å². The molecule has 1 aliphatic heterocycles. The van der Waals surface area contributed by atoms with Crippen molar-refractivity contribution in [2.75, 3.05) is 40.3 Å². The molecule has 1 spiro atoms. The molecular weight excluding hydrogens is 418 g/mol. The van der Waals surface area contributed by atoms with Crippen LogP contribution in [0.15, 0.2) is 30.3 Å². The molecule has 0 unspecified atom stereocenters. The summed E-state index contributed by atoms with van der Waals surface area (Å²) in [6.07, 6.45) is 7.29. The van der Waals surface area contributed by atoms with Crippen LogP contribution in [0.4, 0.5) is 4.79 Å². The third-order valence-corrected chi connectivity index (χ3v) is 8.19. The normalized spacial score (nSPS) is 27.8. The number of urea groups is 1. The highest BCUT2D eigenvalue weighted by Crippen LogP contribution is 2.49. The molecule has 1 aromatic rings. The summed E-state index contributed by atoms with van der Waals surface area (Å²) in [5.74, 6) is -0.373. The third kappa shape index (κ3) is 4.58. The number of nitrogens with zero attached hydrogens (tertiary/aromatic N) is 3. The molecule has 0 radical (unpaired) electrons. The number of amides is 4. The highest BCUT2D eigenvalue weighted by molar-refractivity contribution is 5.88. The van der Waals surface area contributed by atoms with E-state index >= 15 is 0 Å². The lowest BCUT2D eigenvalue weighted by atomic mass is 9.68. The number of primary amides is 1. The van der Waals surface area contributed by atoms with Gasteiger partial charge in [-0.25, -0.2) is 4.79 Å². The average Bonchev–Trinajstić information content (AvgIpc) is 3.01. The lowest BCUT2D eigenvalue weighted by Crippen LogP contribution is -2.56. The van der Waals surface area contributed by atoms with E-state index in [2.05, 4.69) is 53.5 Å². The van der Waals surface area contributed by atoms with E-state index in [9.17, 15) is 14.4 Å². The maximum absolute atomic E-state index is 13.5. The van der Waals surface area contributed by atoms with Crippen molar-refractivity contribution in [3.05, 3.63) is 35.9 Å². The highest BCUT2D eigenvalue weighted by Gasteiger charge is 2.55. The fraction of sp³-hybridized carbons (Fsp3) is 0.640. The number of rotatable bonds is 8. The summed E-state index contributed by atoms with van der Waals surface area (Å²) in [6.45, 7) is 1.09. The number of hydrogen-bond acceptors (Lipinski definition) is 4. The smallest absolute Gasteiger partial charge is 0.321 e. The van der Waals surface area contributed by atoms with Gasteiger partial charge in [-0.05, 0) is 64.1 Å². The first kappa shape index (κ1) is 23.5. The van der Waals surface area contributed by atoms with Crippen molar-refractivity contribution >= 4 is 17.8 Å². The SMILES string of the molecule is CN(C)[C@]1(c2ccccc2)CC[C@@]2(CC1)CN(CC(=O)NCC(N)=O)C(=O)N2CC1CCC1. The van der Waals surface area contributed by atoms with Crippen molar-refractivity contribution < 1.29 is 14.4 Å². The molecule has 4 amide bonds. The van der Waals surface area contributed by atoms with Gasteiger partial charge in [0.25, 0.3) is 0 Å². The number of nitrogens with one attached hydrogen (secondary N) is 1. The van der Waals surface area contributed by atoms with E-state index in [1.54, 1.807) is 4.90 Å². The highest BCUT2D eigenvalue weighted by atomic mass is 16.2. The van der Waals surface area contributed by atoms with Gasteiger partial charge in [0.05, 0.1) is 12.1 Å². The van der Waals surface area contributed by atoms with Crippen LogP contribution in [-0.4, -0.2) is 78.4 Å². The molecule has 8 nitrogen and oxygen atoms in total. The molecule has 0 aromatic heterocycles. The number of benzene rings is 1. The minimum absolute atomic E-state index is 0.0352. The molecule has 3 aliphatic rings. The van der Waals surface area contributed by atoms with Crippen LogP contribution in [0.25, 0.3) is 0 Å². The van der Waals surface area contributed by atoms with E-state index in [1.165, 1.54) is 24.8 Å². The zero-order chi connectivity index (χ0) is 23.6. The van der Waals surface area contributed by atoms with Crippen molar-refractivity contribution in [2.45, 2.75) is 56.0 Å². The molecular formula is C25H37N5O3. The van der Waals surface area contributed by atoms with Gasteiger partial charge in [-0.2, -0.15) is 0 Å². The molecule has 180 valence electrons. The van der Waals surface area contributed by atoms with E-state index in [-0.39, 0.29) is 36.1 Å². The lowest BCUT2D eigenvalue weighted by molar-refractivity contribution is -0.125. The first-order valence-corrected chi connectivity index (χ1v) is 12.1. The number of nitrogens with two attached hydrogens (primary N) is 1. The van der Waals surface area contributed by atoms with Crippen LogP contribution >= 0.6 is 0 Å². The molecule has 3 fully saturated rings. The standard InChI is InChI=1S/C25H37N5O3/c1-28(2)25(20-9-4-3-5-10-20)13-11-24(12-14-25)18-29(17-22(32)27-15-21(26)31)23(33)30(24)16-19-7-6-8-19/h3-5,9-10,19H,6-8,11-18H2,1-2H3,(H2,26,31)(H,27,32)/t24-,25-. The monoisotopic (exact) mass is 455 g/mol. The minimum Gasteiger partial charge on any atom is -0.368 e. The van der Waals surface area contributed by atoms with Gasteiger partial charge in [0.1, 0.15) is 6.54 Å². The van der Waals surface area contributed by atoms with E-state index in [1.807, 2.05) is 6.07 Å². The Morgan fingerprint density at radius 3 is 2.33 bits per heavy atom. The van der Waals surface area contributed by atoms with Crippen LogP contribution in [-0.2, 0) is 15.1 Å². The Balaban J connectivity index is 1.53. The van der Waals surface area contributed by atoms with Gasteiger partial charge in [-0.1, -0.05) is 36.8 Å². The van der Waals surface area contributed by atoms with Crippen LogP contribution in [0.3, 0.4) is 0 Å². The van der Waals surface area contributed by atoms with Gasteiger partial charge in [0, 0.05) is 18.6 Å². The van der Waals surface area contributed by atoms with Crippen LogP contribution in [0.1, 0.15) is 50.5 Å². The van der Waals surface area contributed by atoms with Crippen molar-refractivity contribution in [1.82, 2.24) is 20.0 Å². The molecule has 1 saturated heterocycles. The van der Waals surface area contributed by atoms with Gasteiger partial charge in [0.15, 0.2) is 0 Å². The Labute approximate surface area is 196 Å². The Morgan fingerprint density at radius 1 is 1.12 bits per heavy atom. The van der Waals surface area contributed by atoms with Crippen molar-refractivity contribution in [1.29, 1.82) is 0 Å². The zero-order valence-electron chi connectivity index (χ0n) is 19.9. The predicted octanol–water partition coefficient (Wildman–Crippen LogP) is 1.90. The second-order valence-corrected chi connectivity index (χ2v) is 10.3. The molecule has 8 heteroatoms. The van der Waals surface area contributed by atoms with Crippen LogP contribution in [0.2, 0.25) is 0 Å². The molecule has 0 bridgehead atoms. The molecule has 4 rings (SSSR count). The van der Waals surface area contributed by atoms with Gasteiger partial charge >= 0.3 is 6.03 Å². The second kappa shape index (κ2) is 9.33. The summed E-state index contributed by atoms with van der Waals surface area (Å²) in [6, 6.07) is 10.6. The second-order valence-electron chi connectivity index (χ2n) is 10.3. The molecule has 2 aliphatic carbocycles. The maximum atomic E-state index is 13.5. The molecule has 1 heterocycles. The first-order chi connectivity index (χ1) is 15.8. The fourth-order valence-electron chi connectivity index (χ4n) is 5.93. The molecule has 3 N–H and O–H groups in total.